The average molecular weight is 342 g/mol. The second-order valence-corrected chi connectivity index (χ2v) is 1.75. The summed E-state index contributed by atoms with van der Waals surface area (Å²) < 4.78 is 2.19. The Labute approximate surface area is 80.0 Å². The van der Waals surface area contributed by atoms with Crippen molar-refractivity contribution in [3.05, 3.63) is 32.6 Å². The molecule has 0 unspecified atom stereocenters. The van der Waals surface area contributed by atoms with Crippen LogP contribution in [-0.2, 0) is 26.1 Å². The van der Waals surface area contributed by atoms with E-state index in [1.165, 1.54) is 6.20 Å². The van der Waals surface area contributed by atoms with Crippen LogP contribution in [0.2, 0.25) is 4.43 Å². The van der Waals surface area contributed by atoms with Crippen LogP contribution < -0.4 is 11.2 Å². The van der Waals surface area contributed by atoms with Gasteiger partial charge in [0.05, 0.1) is 0 Å². The Kier molecular flexibility index (Phi) is 5.10. The van der Waals surface area contributed by atoms with Crippen LogP contribution in [0.4, 0.5) is 0 Å². The number of H-pyrrole nitrogens is 2. The minimum absolute atomic E-state index is 0.334. The average Bonchev–Trinajstić information content (AvgIpc) is 2.02. The predicted octanol–water partition coefficient (Wildman–Crippen LogP) is -0.0471. The van der Waals surface area contributed by atoms with Crippen LogP contribution in [-0.4, -0.2) is 9.97 Å². The SMILES string of the molecule is Cc1c[nH]c(=O)[nH]c1=O.[CH3][Hg]. The standard InChI is InChI=1S/C5H6N2O2.CH3.Hg/c1-3-2-6-5(9)7-4(3)8;;/h2H,1H3,(H2,6,7,8,9);1H3;. The maximum absolute atomic E-state index is 10.6. The third-order valence-electron chi connectivity index (χ3n) is 1.00. The number of hydrogen-bond donors (Lipinski definition) is 2. The quantitative estimate of drug-likeness (QED) is 0.650. The molecule has 0 aliphatic heterocycles. The third kappa shape index (κ3) is 3.50. The molecule has 0 saturated heterocycles. The number of aromatic amines is 2. The Balaban J connectivity index is 0.000000461. The molecule has 11 heavy (non-hydrogen) atoms. The monoisotopic (exact) mass is 343 g/mol. The molecule has 1 aromatic rings. The van der Waals surface area contributed by atoms with Gasteiger partial charge in [-0.2, -0.15) is 0 Å². The van der Waals surface area contributed by atoms with Crippen molar-refractivity contribution in [1.82, 2.24) is 9.97 Å². The molecule has 0 aliphatic rings. The molecular formula is C6H9HgN2O2. The van der Waals surface area contributed by atoms with Gasteiger partial charge in [0.1, 0.15) is 0 Å². The first-order valence-electron chi connectivity index (χ1n) is 3.19. The van der Waals surface area contributed by atoms with Crippen molar-refractivity contribution in [1.29, 1.82) is 0 Å². The Hall–Kier alpha value is -0.385. The molecule has 0 saturated carbocycles. The fourth-order valence-corrected chi connectivity index (χ4v) is 0.477. The molecule has 5 heteroatoms. The zero-order valence-electron chi connectivity index (χ0n) is 6.60. The molecule has 0 radical (unpaired) electrons. The van der Waals surface area contributed by atoms with Gasteiger partial charge >= 0.3 is 36.2 Å². The van der Waals surface area contributed by atoms with Crippen molar-refractivity contribution in [2.75, 3.05) is 0 Å². The van der Waals surface area contributed by atoms with E-state index < -0.39 is 5.69 Å². The number of aromatic nitrogens is 2. The molecule has 0 bridgehead atoms. The second kappa shape index (κ2) is 5.29. The second-order valence-electron chi connectivity index (χ2n) is 1.75. The molecule has 0 amide bonds. The first-order chi connectivity index (χ1) is 5.20. The van der Waals surface area contributed by atoms with Crippen LogP contribution in [0, 0.1) is 6.92 Å². The van der Waals surface area contributed by atoms with E-state index in [1.54, 1.807) is 6.92 Å². The van der Waals surface area contributed by atoms with Crippen LogP contribution in [0.25, 0.3) is 0 Å². The summed E-state index contributed by atoms with van der Waals surface area (Å²) in [5.74, 6) is 0. The van der Waals surface area contributed by atoms with Gasteiger partial charge in [-0.3, -0.25) is 9.78 Å². The van der Waals surface area contributed by atoms with E-state index in [9.17, 15) is 9.59 Å². The van der Waals surface area contributed by atoms with E-state index >= 15 is 0 Å². The van der Waals surface area contributed by atoms with Crippen molar-refractivity contribution >= 4 is 0 Å². The Bertz CT molecular complexity index is 315. The Morgan fingerprint density at radius 2 is 1.91 bits per heavy atom. The van der Waals surface area contributed by atoms with Gasteiger partial charge in [-0.05, 0) is 6.92 Å². The molecule has 0 aromatic carbocycles. The molecule has 4 nitrogen and oxygen atoms in total. The summed E-state index contributed by atoms with van der Waals surface area (Å²) in [6.45, 7) is 1.62. The first kappa shape index (κ1) is 10.6. The molecule has 0 aliphatic carbocycles. The van der Waals surface area contributed by atoms with Crippen molar-refractivity contribution in [3.63, 3.8) is 0 Å². The molecule has 1 rings (SSSR count). The van der Waals surface area contributed by atoms with Crippen LogP contribution >= 0.6 is 0 Å². The van der Waals surface area contributed by atoms with E-state index in [0.29, 0.717) is 5.56 Å². The number of rotatable bonds is 0. The van der Waals surface area contributed by atoms with Gasteiger partial charge in [-0.15, -0.1) is 0 Å². The summed E-state index contributed by atoms with van der Waals surface area (Å²) in [5.41, 5.74) is -0.293. The summed E-state index contributed by atoms with van der Waals surface area (Å²) in [6, 6.07) is 0. The summed E-state index contributed by atoms with van der Waals surface area (Å²) in [4.78, 5) is 25.3. The molecule has 57 valence electrons. The van der Waals surface area contributed by atoms with Crippen LogP contribution in [0.3, 0.4) is 0 Å². The zero-order chi connectivity index (χ0) is 8.85. The molecule has 2 N–H and O–H groups in total. The number of aryl methyl sites for hydroxylation is 1. The molecule has 1 aromatic heterocycles. The van der Waals surface area contributed by atoms with Gasteiger partial charge in [0, 0.05) is 11.8 Å². The minimum atomic E-state index is -0.467. The fourth-order valence-electron chi connectivity index (χ4n) is 0.477. The molecule has 0 atom stereocenters. The number of hydrogen-bond acceptors (Lipinski definition) is 2. The van der Waals surface area contributed by atoms with Gasteiger partial charge in [0.25, 0.3) is 5.56 Å². The van der Waals surface area contributed by atoms with Crippen LogP contribution in [0.5, 0.6) is 0 Å². The number of nitrogens with one attached hydrogen (secondary N) is 2. The van der Waals surface area contributed by atoms with Crippen molar-refractivity contribution in [2.24, 2.45) is 0 Å². The van der Waals surface area contributed by atoms with Crippen LogP contribution in [0.15, 0.2) is 15.8 Å². The summed E-state index contributed by atoms with van der Waals surface area (Å²) in [5, 5.41) is 0. The fraction of sp³-hybridized carbons (Fsp3) is 0.333. The van der Waals surface area contributed by atoms with Crippen molar-refractivity contribution < 1.29 is 26.1 Å². The van der Waals surface area contributed by atoms with Gasteiger partial charge < -0.3 is 4.98 Å². The molecular weight excluding hydrogens is 333 g/mol. The van der Waals surface area contributed by atoms with E-state index in [1.807, 2.05) is 0 Å². The topological polar surface area (TPSA) is 65.7 Å². The van der Waals surface area contributed by atoms with Gasteiger partial charge in [0.15, 0.2) is 0 Å². The van der Waals surface area contributed by atoms with E-state index in [0.717, 1.165) is 26.1 Å². The van der Waals surface area contributed by atoms with Gasteiger partial charge in [-0.1, -0.05) is 0 Å². The van der Waals surface area contributed by atoms with Gasteiger partial charge in [-0.25, -0.2) is 4.79 Å². The van der Waals surface area contributed by atoms with E-state index in [4.69, 9.17) is 0 Å². The third-order valence-corrected chi connectivity index (χ3v) is 1.00. The molecule has 0 fully saturated rings. The van der Waals surface area contributed by atoms with Crippen LogP contribution in [0.1, 0.15) is 5.56 Å². The Morgan fingerprint density at radius 3 is 2.27 bits per heavy atom. The van der Waals surface area contributed by atoms with Gasteiger partial charge in [0.2, 0.25) is 0 Å². The van der Waals surface area contributed by atoms with Crippen molar-refractivity contribution in [2.45, 2.75) is 11.4 Å². The summed E-state index contributed by atoms with van der Waals surface area (Å²) in [6.07, 6.45) is 1.38. The zero-order valence-corrected chi connectivity index (χ0v) is 12.1. The van der Waals surface area contributed by atoms with E-state index in [-0.39, 0.29) is 5.56 Å². The van der Waals surface area contributed by atoms with Crippen molar-refractivity contribution in [3.8, 4) is 0 Å². The predicted molar refractivity (Wildman–Crippen MR) is 38.3 cm³/mol. The normalized spacial score (nSPS) is 8.36. The maximum atomic E-state index is 10.6. The molecule has 1 heterocycles. The summed E-state index contributed by atoms with van der Waals surface area (Å²) >= 11 is 1.03. The summed E-state index contributed by atoms with van der Waals surface area (Å²) in [7, 11) is 0. The first-order valence-corrected chi connectivity index (χ1v) is 8.69. The molecule has 0 spiro atoms. The van der Waals surface area contributed by atoms with E-state index in [2.05, 4.69) is 14.4 Å². The Morgan fingerprint density at radius 1 is 1.36 bits per heavy atom.